The molecule has 1 amide bonds. The topological polar surface area (TPSA) is 75.0 Å². The number of piperazine rings is 1. The number of nitrogens with zero attached hydrogens (tertiary/aromatic N) is 5. The van der Waals surface area contributed by atoms with E-state index in [1.54, 1.807) is 4.90 Å². The van der Waals surface area contributed by atoms with Gasteiger partial charge in [0.05, 0.1) is 6.61 Å². The van der Waals surface area contributed by atoms with Crippen LogP contribution in [0.15, 0.2) is 17.4 Å². The van der Waals surface area contributed by atoms with Gasteiger partial charge in [0.1, 0.15) is 12.4 Å². The van der Waals surface area contributed by atoms with Gasteiger partial charge in [-0.3, -0.25) is 0 Å². The molecule has 1 aliphatic rings. The molecule has 0 unspecified atom stereocenters. The average Bonchev–Trinajstić information content (AvgIpc) is 3.05. The van der Waals surface area contributed by atoms with E-state index in [1.807, 2.05) is 19.3 Å². The summed E-state index contributed by atoms with van der Waals surface area (Å²) in [6.45, 7) is 13.7. The molecule has 2 rings (SSSR count). The van der Waals surface area contributed by atoms with Gasteiger partial charge in [0.15, 0.2) is 5.96 Å². The molecule has 1 aliphatic heterocycles. The maximum absolute atomic E-state index is 11.8. The number of aliphatic imine (C=N–C) groups is 1. The molecule has 1 N–H and O–H groups in total. The number of carbonyl (C=O) groups excluding carboxylic acids is 1. The third kappa shape index (κ3) is 5.64. The Morgan fingerprint density at radius 1 is 1.27 bits per heavy atom. The minimum Gasteiger partial charge on any atom is -0.450 e. The molecule has 0 aliphatic carbocycles. The monoisotopic (exact) mass is 364 g/mol. The molecule has 0 aromatic carbocycles. The highest BCUT2D eigenvalue weighted by Gasteiger charge is 2.23. The number of hydrogen-bond acceptors (Lipinski definition) is 4. The lowest BCUT2D eigenvalue weighted by molar-refractivity contribution is 0.0914. The molecule has 1 saturated heterocycles. The third-order valence-electron chi connectivity index (χ3n) is 4.17. The van der Waals surface area contributed by atoms with E-state index in [-0.39, 0.29) is 6.09 Å². The summed E-state index contributed by atoms with van der Waals surface area (Å²) in [7, 11) is 0. The van der Waals surface area contributed by atoms with Crippen molar-refractivity contribution in [2.24, 2.45) is 10.9 Å². The number of nitrogens with one attached hydrogen (secondary N) is 1. The number of aromatic nitrogens is 2. The van der Waals surface area contributed by atoms with Crippen molar-refractivity contribution >= 4 is 12.1 Å². The van der Waals surface area contributed by atoms with Gasteiger partial charge in [-0.25, -0.2) is 14.8 Å². The van der Waals surface area contributed by atoms with Crippen molar-refractivity contribution in [1.82, 2.24) is 24.7 Å². The summed E-state index contributed by atoms with van der Waals surface area (Å²) in [6.07, 6.45) is 3.61. The molecule has 1 aromatic rings. The van der Waals surface area contributed by atoms with Gasteiger partial charge in [0, 0.05) is 51.7 Å². The fraction of sp³-hybridized carbons (Fsp3) is 0.722. The molecule has 1 fully saturated rings. The van der Waals surface area contributed by atoms with Gasteiger partial charge in [-0.1, -0.05) is 13.8 Å². The lowest BCUT2D eigenvalue weighted by atomic mass is 10.2. The first-order chi connectivity index (χ1) is 12.5. The largest absolute Gasteiger partial charge is 0.450 e. The van der Waals surface area contributed by atoms with Gasteiger partial charge < -0.3 is 24.4 Å². The van der Waals surface area contributed by atoms with Crippen LogP contribution in [0.4, 0.5) is 4.79 Å². The Hall–Kier alpha value is -2.25. The quantitative estimate of drug-likeness (QED) is 0.615. The number of amides is 1. The van der Waals surface area contributed by atoms with E-state index in [9.17, 15) is 4.79 Å². The Labute approximate surface area is 156 Å². The van der Waals surface area contributed by atoms with Crippen molar-refractivity contribution in [3.63, 3.8) is 0 Å². The van der Waals surface area contributed by atoms with E-state index in [2.05, 4.69) is 40.5 Å². The molecule has 0 saturated carbocycles. The van der Waals surface area contributed by atoms with E-state index in [1.165, 1.54) is 0 Å². The predicted octanol–water partition coefficient (Wildman–Crippen LogP) is 1.78. The molecule has 0 radical (unpaired) electrons. The number of ether oxygens (including phenoxy) is 1. The summed E-state index contributed by atoms with van der Waals surface area (Å²) >= 11 is 0. The predicted molar refractivity (Wildman–Crippen MR) is 102 cm³/mol. The number of rotatable bonds is 6. The Bertz CT molecular complexity index is 590. The first-order valence-electron chi connectivity index (χ1n) is 9.50. The van der Waals surface area contributed by atoms with Crippen molar-refractivity contribution in [3.05, 3.63) is 18.2 Å². The van der Waals surface area contributed by atoms with E-state index in [0.29, 0.717) is 32.2 Å². The minimum atomic E-state index is -0.232. The molecule has 146 valence electrons. The van der Waals surface area contributed by atoms with Crippen LogP contribution in [0, 0.1) is 5.92 Å². The van der Waals surface area contributed by atoms with Crippen LogP contribution in [0.5, 0.6) is 0 Å². The molecule has 2 heterocycles. The lowest BCUT2D eigenvalue weighted by Gasteiger charge is -2.35. The first kappa shape index (κ1) is 20.1. The standard InChI is InChI=1S/C18H32N6O2/c1-5-19-17(21-13-16-20-7-8-24(16)14-15(3)4)22-9-11-23(12-10-22)18(25)26-6-2/h7-8,15H,5-6,9-14H2,1-4H3,(H,19,21). The highest BCUT2D eigenvalue weighted by atomic mass is 16.6. The van der Waals surface area contributed by atoms with Gasteiger partial charge >= 0.3 is 6.09 Å². The van der Waals surface area contributed by atoms with E-state index < -0.39 is 0 Å². The van der Waals surface area contributed by atoms with Gasteiger partial charge in [0.2, 0.25) is 0 Å². The zero-order valence-corrected chi connectivity index (χ0v) is 16.4. The molecular weight excluding hydrogens is 332 g/mol. The molecule has 8 heteroatoms. The normalized spacial score (nSPS) is 15.5. The maximum atomic E-state index is 11.8. The highest BCUT2D eigenvalue weighted by Crippen LogP contribution is 2.08. The summed E-state index contributed by atoms with van der Waals surface area (Å²) in [4.78, 5) is 25.0. The van der Waals surface area contributed by atoms with Crippen molar-refractivity contribution < 1.29 is 9.53 Å². The molecule has 26 heavy (non-hydrogen) atoms. The van der Waals surface area contributed by atoms with Crippen LogP contribution in [0.25, 0.3) is 0 Å². The number of carbonyl (C=O) groups is 1. The number of guanidine groups is 1. The second kappa shape index (κ2) is 10.0. The Morgan fingerprint density at radius 2 is 1.96 bits per heavy atom. The van der Waals surface area contributed by atoms with Crippen molar-refractivity contribution in [3.8, 4) is 0 Å². The summed E-state index contributed by atoms with van der Waals surface area (Å²) in [5, 5.41) is 3.35. The van der Waals surface area contributed by atoms with Crippen LogP contribution in [0.3, 0.4) is 0 Å². The molecular formula is C18H32N6O2. The molecule has 0 atom stereocenters. The second-order valence-corrected chi connectivity index (χ2v) is 6.73. The smallest absolute Gasteiger partial charge is 0.409 e. The van der Waals surface area contributed by atoms with Crippen molar-refractivity contribution in [1.29, 1.82) is 0 Å². The van der Waals surface area contributed by atoms with Gasteiger partial charge in [-0.15, -0.1) is 0 Å². The minimum absolute atomic E-state index is 0.232. The zero-order chi connectivity index (χ0) is 18.9. The van der Waals surface area contributed by atoms with Crippen LogP contribution in [-0.2, 0) is 17.8 Å². The van der Waals surface area contributed by atoms with E-state index in [0.717, 1.165) is 38.0 Å². The highest BCUT2D eigenvalue weighted by molar-refractivity contribution is 5.80. The Morgan fingerprint density at radius 3 is 2.58 bits per heavy atom. The fourth-order valence-corrected chi connectivity index (χ4v) is 2.94. The van der Waals surface area contributed by atoms with Gasteiger partial charge in [-0.05, 0) is 19.8 Å². The number of hydrogen-bond donors (Lipinski definition) is 1. The fourth-order valence-electron chi connectivity index (χ4n) is 2.94. The number of imidazole rings is 1. The first-order valence-corrected chi connectivity index (χ1v) is 9.50. The van der Waals surface area contributed by atoms with Crippen molar-refractivity contribution in [2.45, 2.75) is 40.8 Å². The average molecular weight is 364 g/mol. The van der Waals surface area contributed by atoms with Crippen molar-refractivity contribution in [2.75, 3.05) is 39.3 Å². The van der Waals surface area contributed by atoms with E-state index in [4.69, 9.17) is 9.73 Å². The third-order valence-corrected chi connectivity index (χ3v) is 4.17. The zero-order valence-electron chi connectivity index (χ0n) is 16.4. The van der Waals surface area contributed by atoms with Gasteiger partial charge in [-0.2, -0.15) is 0 Å². The van der Waals surface area contributed by atoms with Crippen LogP contribution in [-0.4, -0.2) is 70.7 Å². The lowest BCUT2D eigenvalue weighted by Crippen LogP contribution is -2.53. The van der Waals surface area contributed by atoms with Crippen LogP contribution < -0.4 is 5.32 Å². The second-order valence-electron chi connectivity index (χ2n) is 6.73. The summed E-state index contributed by atoms with van der Waals surface area (Å²) in [6, 6.07) is 0. The SMILES string of the molecule is CCNC(=NCc1nccn1CC(C)C)N1CCN(C(=O)OCC)CC1. The van der Waals surface area contributed by atoms with Crippen LogP contribution in [0.2, 0.25) is 0 Å². The molecule has 1 aromatic heterocycles. The van der Waals surface area contributed by atoms with Gasteiger partial charge in [0.25, 0.3) is 0 Å². The molecule has 0 spiro atoms. The van der Waals surface area contributed by atoms with Crippen LogP contribution in [0.1, 0.15) is 33.5 Å². The van der Waals surface area contributed by atoms with E-state index >= 15 is 0 Å². The Balaban J connectivity index is 1.97. The summed E-state index contributed by atoms with van der Waals surface area (Å²) in [5.74, 6) is 2.41. The Kier molecular flexibility index (Phi) is 7.74. The molecule has 8 nitrogen and oxygen atoms in total. The summed E-state index contributed by atoms with van der Waals surface area (Å²) in [5.41, 5.74) is 0. The maximum Gasteiger partial charge on any atom is 0.409 e. The van der Waals surface area contributed by atoms with Crippen LogP contribution >= 0.6 is 0 Å². The molecule has 0 bridgehead atoms. The summed E-state index contributed by atoms with van der Waals surface area (Å²) < 4.78 is 7.24.